The number of nitrogens with zero attached hydrogens (tertiary/aromatic N) is 4. The first-order chi connectivity index (χ1) is 18.7. The molecular formula is C27H35N5O7. The van der Waals surface area contributed by atoms with E-state index in [0.29, 0.717) is 49.4 Å². The minimum absolute atomic E-state index is 0.0577. The van der Waals surface area contributed by atoms with Gasteiger partial charge in [-0.3, -0.25) is 14.4 Å². The summed E-state index contributed by atoms with van der Waals surface area (Å²) in [7, 11) is 0. The SMILES string of the molecule is CCCCOC(=O)N1CCN(C(=O)CNC(=O)c2cc(OCC(=O)N3CC(O)C3)c3ccc(C)cc3n2)CC1. The minimum atomic E-state index is -0.549. The lowest BCUT2D eigenvalue weighted by atomic mass is 10.1. The molecule has 4 rings (SSSR count). The van der Waals surface area contributed by atoms with E-state index in [4.69, 9.17) is 9.47 Å². The molecule has 0 atom stereocenters. The molecule has 0 radical (unpaired) electrons. The third-order valence-corrected chi connectivity index (χ3v) is 6.74. The normalized spacial score (nSPS) is 15.6. The number of rotatable bonds is 9. The predicted molar refractivity (Wildman–Crippen MR) is 141 cm³/mol. The molecule has 2 aromatic rings. The number of benzene rings is 1. The van der Waals surface area contributed by atoms with Crippen LogP contribution in [0, 0.1) is 6.92 Å². The molecule has 1 aromatic heterocycles. The van der Waals surface area contributed by atoms with E-state index in [1.54, 1.807) is 9.80 Å². The molecular weight excluding hydrogens is 506 g/mol. The van der Waals surface area contributed by atoms with Gasteiger partial charge in [-0.2, -0.15) is 0 Å². The number of carbonyl (C=O) groups excluding carboxylic acids is 4. The lowest BCUT2D eigenvalue weighted by Crippen LogP contribution is -2.54. The van der Waals surface area contributed by atoms with Gasteiger partial charge in [0.2, 0.25) is 5.91 Å². The first-order valence-corrected chi connectivity index (χ1v) is 13.2. The van der Waals surface area contributed by atoms with Gasteiger partial charge in [0, 0.05) is 50.7 Å². The highest BCUT2D eigenvalue weighted by atomic mass is 16.6. The van der Waals surface area contributed by atoms with Crippen molar-refractivity contribution in [3.8, 4) is 5.75 Å². The summed E-state index contributed by atoms with van der Waals surface area (Å²) in [5.74, 6) is -0.749. The highest BCUT2D eigenvalue weighted by Gasteiger charge is 2.29. The van der Waals surface area contributed by atoms with Gasteiger partial charge >= 0.3 is 6.09 Å². The van der Waals surface area contributed by atoms with Crippen LogP contribution in [0.2, 0.25) is 0 Å². The third-order valence-electron chi connectivity index (χ3n) is 6.74. The molecule has 0 unspecified atom stereocenters. The van der Waals surface area contributed by atoms with Gasteiger partial charge in [-0.05, 0) is 31.0 Å². The van der Waals surface area contributed by atoms with Gasteiger partial charge in [-0.15, -0.1) is 0 Å². The Balaban J connectivity index is 1.34. The number of aliphatic hydroxyl groups excluding tert-OH is 1. The molecule has 1 aromatic carbocycles. The van der Waals surface area contributed by atoms with Crippen LogP contribution < -0.4 is 10.1 Å². The third kappa shape index (κ3) is 7.14. The van der Waals surface area contributed by atoms with E-state index in [0.717, 1.165) is 18.4 Å². The van der Waals surface area contributed by atoms with E-state index >= 15 is 0 Å². The minimum Gasteiger partial charge on any atom is -0.483 e. The van der Waals surface area contributed by atoms with Crippen LogP contribution in [0.25, 0.3) is 10.9 Å². The fourth-order valence-electron chi connectivity index (χ4n) is 4.32. The summed E-state index contributed by atoms with van der Waals surface area (Å²) in [6, 6.07) is 6.96. The lowest BCUT2D eigenvalue weighted by molar-refractivity contribution is -0.143. The number of likely N-dealkylation sites (tertiary alicyclic amines) is 1. The summed E-state index contributed by atoms with van der Waals surface area (Å²) in [6.45, 7) is 5.83. The average molecular weight is 542 g/mol. The Morgan fingerprint density at radius 3 is 2.44 bits per heavy atom. The number of nitrogens with one attached hydrogen (secondary N) is 1. The monoisotopic (exact) mass is 541 g/mol. The van der Waals surface area contributed by atoms with Gasteiger partial charge < -0.3 is 34.6 Å². The number of piperazine rings is 1. The number of β-amino-alcohol motifs (C(OH)–C–C–N with tert-alkyl or cyclic N) is 1. The van der Waals surface area contributed by atoms with E-state index in [1.807, 2.05) is 32.0 Å². The summed E-state index contributed by atoms with van der Waals surface area (Å²) >= 11 is 0. The molecule has 2 saturated heterocycles. The Bertz CT molecular complexity index is 1220. The molecule has 0 bridgehead atoms. The second-order valence-electron chi connectivity index (χ2n) is 9.79. The number of hydrogen-bond donors (Lipinski definition) is 2. The van der Waals surface area contributed by atoms with Crippen molar-refractivity contribution in [2.75, 3.05) is 59.0 Å². The zero-order valence-electron chi connectivity index (χ0n) is 22.4. The van der Waals surface area contributed by atoms with Gasteiger partial charge in [0.25, 0.3) is 11.8 Å². The van der Waals surface area contributed by atoms with E-state index in [-0.39, 0.29) is 49.8 Å². The summed E-state index contributed by atoms with van der Waals surface area (Å²) in [5.41, 5.74) is 1.52. The molecule has 3 heterocycles. The highest BCUT2D eigenvalue weighted by molar-refractivity contribution is 5.98. The number of carbonyl (C=O) groups is 4. The largest absolute Gasteiger partial charge is 0.483 e. The number of aryl methyl sites for hydroxylation is 1. The van der Waals surface area contributed by atoms with Crippen molar-refractivity contribution in [3.05, 3.63) is 35.5 Å². The Kier molecular flexibility index (Phi) is 9.18. The molecule has 210 valence electrons. The summed E-state index contributed by atoms with van der Waals surface area (Å²) in [5, 5.41) is 12.7. The Hall–Kier alpha value is -3.93. The molecule has 4 amide bonds. The Morgan fingerprint density at radius 1 is 1.03 bits per heavy atom. The van der Waals surface area contributed by atoms with Crippen molar-refractivity contribution in [1.82, 2.24) is 25.0 Å². The van der Waals surface area contributed by atoms with Gasteiger partial charge in [0.1, 0.15) is 11.4 Å². The van der Waals surface area contributed by atoms with Crippen LogP contribution in [0.5, 0.6) is 5.75 Å². The van der Waals surface area contributed by atoms with E-state index in [9.17, 15) is 24.3 Å². The van der Waals surface area contributed by atoms with Crippen LogP contribution in [0.3, 0.4) is 0 Å². The fraction of sp³-hybridized carbons (Fsp3) is 0.519. The second kappa shape index (κ2) is 12.7. The molecule has 2 fully saturated rings. The van der Waals surface area contributed by atoms with Gasteiger partial charge in [-0.25, -0.2) is 9.78 Å². The molecule has 0 spiro atoms. The molecule has 0 saturated carbocycles. The van der Waals surface area contributed by atoms with Crippen LogP contribution >= 0.6 is 0 Å². The first-order valence-electron chi connectivity index (χ1n) is 13.2. The maximum absolute atomic E-state index is 12.9. The van der Waals surface area contributed by atoms with E-state index in [1.165, 1.54) is 11.0 Å². The average Bonchev–Trinajstić information content (AvgIpc) is 2.92. The number of aromatic nitrogens is 1. The highest BCUT2D eigenvalue weighted by Crippen LogP contribution is 2.27. The number of hydrogen-bond acceptors (Lipinski definition) is 8. The lowest BCUT2D eigenvalue weighted by Gasteiger charge is -2.35. The number of unbranched alkanes of at least 4 members (excludes halogenated alkanes) is 1. The van der Waals surface area contributed by atoms with Crippen LogP contribution in [-0.2, 0) is 14.3 Å². The molecule has 2 aliphatic heterocycles. The molecule has 12 heteroatoms. The Morgan fingerprint density at radius 2 is 1.74 bits per heavy atom. The van der Waals surface area contributed by atoms with Crippen LogP contribution in [0.4, 0.5) is 4.79 Å². The first kappa shape index (κ1) is 28.1. The van der Waals surface area contributed by atoms with E-state index < -0.39 is 12.0 Å². The smallest absolute Gasteiger partial charge is 0.409 e. The Labute approximate surface area is 226 Å². The van der Waals surface area contributed by atoms with Crippen molar-refractivity contribution in [1.29, 1.82) is 0 Å². The molecule has 39 heavy (non-hydrogen) atoms. The van der Waals surface area contributed by atoms with Crippen molar-refractivity contribution >= 4 is 34.7 Å². The van der Waals surface area contributed by atoms with Crippen molar-refractivity contribution < 1.29 is 33.8 Å². The number of ether oxygens (including phenoxy) is 2. The molecule has 2 N–H and O–H groups in total. The predicted octanol–water partition coefficient (Wildman–Crippen LogP) is 0.936. The van der Waals surface area contributed by atoms with Crippen molar-refractivity contribution in [3.63, 3.8) is 0 Å². The maximum Gasteiger partial charge on any atom is 0.409 e. The standard InChI is InChI=1S/C27H35N5O7/c1-3-4-11-38-27(37)31-9-7-30(8-10-31)24(34)14-28-26(36)22-13-23(20-6-5-18(2)12-21(20)29-22)39-17-25(35)32-15-19(33)16-32/h5-6,12-13,19,33H,3-4,7-11,14-17H2,1-2H3,(H,28,36). The summed E-state index contributed by atoms with van der Waals surface area (Å²) in [4.78, 5) is 59.2. The fourth-order valence-corrected chi connectivity index (χ4v) is 4.32. The second-order valence-corrected chi connectivity index (χ2v) is 9.79. The van der Waals surface area contributed by atoms with Crippen LogP contribution in [-0.4, -0.2) is 114 Å². The van der Waals surface area contributed by atoms with Gasteiger partial charge in [0.15, 0.2) is 6.61 Å². The number of amides is 4. The van der Waals surface area contributed by atoms with Crippen LogP contribution in [0.1, 0.15) is 35.8 Å². The number of pyridine rings is 1. The molecule has 12 nitrogen and oxygen atoms in total. The zero-order valence-corrected chi connectivity index (χ0v) is 22.4. The van der Waals surface area contributed by atoms with Gasteiger partial charge in [0.05, 0.1) is 24.8 Å². The molecule has 0 aliphatic carbocycles. The zero-order chi connectivity index (χ0) is 27.9. The molecule has 2 aliphatic rings. The maximum atomic E-state index is 12.9. The number of fused-ring (bicyclic) bond motifs is 1. The quantitative estimate of drug-likeness (QED) is 0.447. The van der Waals surface area contributed by atoms with Crippen LogP contribution in [0.15, 0.2) is 24.3 Å². The van der Waals surface area contributed by atoms with Gasteiger partial charge in [-0.1, -0.05) is 19.4 Å². The van der Waals surface area contributed by atoms with E-state index in [2.05, 4.69) is 10.3 Å². The summed E-state index contributed by atoms with van der Waals surface area (Å²) < 4.78 is 11.0. The van der Waals surface area contributed by atoms with Crippen molar-refractivity contribution in [2.45, 2.75) is 32.8 Å². The number of aliphatic hydroxyl groups is 1. The topological polar surface area (TPSA) is 142 Å². The van der Waals surface area contributed by atoms with Crippen molar-refractivity contribution in [2.24, 2.45) is 0 Å². The summed E-state index contributed by atoms with van der Waals surface area (Å²) in [6.07, 6.45) is 0.871.